The van der Waals surface area contributed by atoms with E-state index in [9.17, 15) is 4.79 Å². The van der Waals surface area contributed by atoms with Gasteiger partial charge in [0.15, 0.2) is 0 Å². The van der Waals surface area contributed by atoms with E-state index >= 15 is 0 Å². The number of rotatable bonds is 2. The molecule has 0 bridgehead atoms. The first-order valence-corrected chi connectivity index (χ1v) is 6.52. The number of nitrogens with zero attached hydrogens (tertiary/aromatic N) is 2. The third kappa shape index (κ3) is 2.53. The molecule has 0 fully saturated rings. The number of hydrogen-bond donors (Lipinski definition) is 2. The van der Waals surface area contributed by atoms with E-state index in [2.05, 4.69) is 15.3 Å². The number of amides is 1. The fraction of sp³-hybridized carbons (Fsp3) is 0.0625. The Bertz CT molecular complexity index is 829. The molecule has 0 spiro atoms. The van der Waals surface area contributed by atoms with Gasteiger partial charge in [0.25, 0.3) is 5.91 Å². The van der Waals surface area contributed by atoms with Gasteiger partial charge in [-0.05, 0) is 25.1 Å². The van der Waals surface area contributed by atoms with Crippen molar-refractivity contribution in [1.82, 2.24) is 9.97 Å². The lowest BCUT2D eigenvalue weighted by Gasteiger charge is -2.09. The average Bonchev–Trinajstić information content (AvgIpc) is 2.48. The third-order valence-corrected chi connectivity index (χ3v) is 3.21. The third-order valence-electron chi connectivity index (χ3n) is 3.21. The van der Waals surface area contributed by atoms with Gasteiger partial charge in [0.1, 0.15) is 0 Å². The molecule has 2 aromatic heterocycles. The molecule has 5 nitrogen and oxygen atoms in total. The van der Waals surface area contributed by atoms with Gasteiger partial charge in [0.05, 0.1) is 16.8 Å². The molecule has 3 aromatic rings. The van der Waals surface area contributed by atoms with E-state index in [1.54, 1.807) is 12.3 Å². The van der Waals surface area contributed by atoms with E-state index in [1.807, 2.05) is 37.3 Å². The molecule has 1 aromatic carbocycles. The molecule has 0 aliphatic rings. The summed E-state index contributed by atoms with van der Waals surface area (Å²) in [4.78, 5) is 20.7. The molecular weight excluding hydrogens is 264 g/mol. The van der Waals surface area contributed by atoms with Crippen molar-refractivity contribution in [2.75, 3.05) is 11.1 Å². The largest absolute Gasteiger partial charge is 0.398 e. The zero-order chi connectivity index (χ0) is 14.8. The first-order valence-electron chi connectivity index (χ1n) is 6.52. The van der Waals surface area contributed by atoms with Crippen LogP contribution in [0.25, 0.3) is 10.9 Å². The number of nitrogen functional groups attached to an aromatic ring is 1. The van der Waals surface area contributed by atoms with Crippen LogP contribution in [0.5, 0.6) is 0 Å². The van der Waals surface area contributed by atoms with Gasteiger partial charge >= 0.3 is 0 Å². The topological polar surface area (TPSA) is 80.9 Å². The lowest BCUT2D eigenvalue weighted by molar-refractivity contribution is 0.102. The van der Waals surface area contributed by atoms with Gasteiger partial charge < -0.3 is 11.1 Å². The first kappa shape index (κ1) is 13.1. The predicted octanol–water partition coefficient (Wildman–Crippen LogP) is 2.77. The molecule has 21 heavy (non-hydrogen) atoms. The van der Waals surface area contributed by atoms with Crippen LogP contribution in [0.4, 0.5) is 11.4 Å². The number of aromatic nitrogens is 2. The highest BCUT2D eigenvalue weighted by molar-refractivity contribution is 6.10. The lowest BCUT2D eigenvalue weighted by Crippen LogP contribution is -2.14. The molecule has 0 radical (unpaired) electrons. The van der Waals surface area contributed by atoms with Crippen LogP contribution < -0.4 is 11.1 Å². The van der Waals surface area contributed by atoms with Crippen LogP contribution in [0.3, 0.4) is 0 Å². The molecule has 0 aliphatic carbocycles. The smallest absolute Gasteiger partial charge is 0.259 e. The molecule has 0 saturated carbocycles. The van der Waals surface area contributed by atoms with Crippen LogP contribution in [-0.2, 0) is 0 Å². The first-order chi connectivity index (χ1) is 10.1. The highest BCUT2D eigenvalue weighted by Gasteiger charge is 2.12. The SMILES string of the molecule is Cc1ccc2cccc(NC(=O)c3cnccc3N)c2n1. The van der Waals surface area contributed by atoms with E-state index in [1.165, 1.54) is 6.20 Å². The summed E-state index contributed by atoms with van der Waals surface area (Å²) >= 11 is 0. The summed E-state index contributed by atoms with van der Waals surface area (Å²) in [6.45, 7) is 1.91. The Morgan fingerprint density at radius 1 is 1.19 bits per heavy atom. The van der Waals surface area contributed by atoms with Crippen LogP contribution in [-0.4, -0.2) is 15.9 Å². The van der Waals surface area contributed by atoms with Gasteiger partial charge in [0, 0.05) is 29.2 Å². The van der Waals surface area contributed by atoms with Crippen molar-refractivity contribution < 1.29 is 4.79 Å². The van der Waals surface area contributed by atoms with Crippen molar-refractivity contribution in [3.05, 3.63) is 60.0 Å². The van der Waals surface area contributed by atoms with Crippen molar-refractivity contribution in [3.8, 4) is 0 Å². The van der Waals surface area contributed by atoms with Crippen molar-refractivity contribution in [1.29, 1.82) is 0 Å². The van der Waals surface area contributed by atoms with Gasteiger partial charge in [-0.15, -0.1) is 0 Å². The standard InChI is InChI=1S/C16H14N4O/c1-10-5-6-11-3-2-4-14(15(11)19-10)20-16(21)12-9-18-8-7-13(12)17/h2-9H,1H3,(H2,17,18)(H,20,21). The number of carbonyl (C=O) groups excluding carboxylic acids is 1. The van der Waals surface area contributed by atoms with Gasteiger partial charge in [-0.25, -0.2) is 0 Å². The molecule has 0 unspecified atom stereocenters. The molecule has 5 heteroatoms. The summed E-state index contributed by atoms with van der Waals surface area (Å²) in [6, 6.07) is 11.2. The molecule has 104 valence electrons. The lowest BCUT2D eigenvalue weighted by atomic mass is 10.1. The van der Waals surface area contributed by atoms with E-state index < -0.39 is 0 Å². The van der Waals surface area contributed by atoms with Crippen LogP contribution in [0.1, 0.15) is 16.1 Å². The number of nitrogens with one attached hydrogen (secondary N) is 1. The zero-order valence-electron chi connectivity index (χ0n) is 11.5. The van der Waals surface area contributed by atoms with Gasteiger partial charge in [0.2, 0.25) is 0 Å². The number of anilines is 2. The molecule has 3 N–H and O–H groups in total. The molecule has 3 rings (SSSR count). The number of benzene rings is 1. The van der Waals surface area contributed by atoms with E-state index in [4.69, 9.17) is 5.73 Å². The fourth-order valence-electron chi connectivity index (χ4n) is 2.13. The number of hydrogen-bond acceptors (Lipinski definition) is 4. The number of pyridine rings is 2. The maximum atomic E-state index is 12.3. The van der Waals surface area contributed by atoms with Crippen molar-refractivity contribution in [3.63, 3.8) is 0 Å². The van der Waals surface area contributed by atoms with E-state index in [-0.39, 0.29) is 5.91 Å². The van der Waals surface area contributed by atoms with Crippen LogP contribution in [0, 0.1) is 6.92 Å². The number of carbonyl (C=O) groups is 1. The minimum atomic E-state index is -0.295. The van der Waals surface area contributed by atoms with Crippen molar-refractivity contribution in [2.24, 2.45) is 0 Å². The Morgan fingerprint density at radius 2 is 2.05 bits per heavy atom. The van der Waals surface area contributed by atoms with Crippen LogP contribution >= 0.6 is 0 Å². The number of fused-ring (bicyclic) bond motifs is 1. The number of para-hydroxylation sites is 1. The fourth-order valence-corrected chi connectivity index (χ4v) is 2.13. The zero-order valence-corrected chi connectivity index (χ0v) is 11.5. The Balaban J connectivity index is 2.00. The molecular formula is C16H14N4O. The van der Waals surface area contributed by atoms with Gasteiger partial charge in [-0.3, -0.25) is 14.8 Å². The average molecular weight is 278 g/mol. The second-order valence-corrected chi connectivity index (χ2v) is 4.75. The summed E-state index contributed by atoms with van der Waals surface area (Å²) in [5.74, 6) is -0.295. The maximum absolute atomic E-state index is 12.3. The van der Waals surface area contributed by atoms with Gasteiger partial charge in [-0.2, -0.15) is 0 Å². The molecule has 0 aliphatic heterocycles. The van der Waals surface area contributed by atoms with Crippen molar-refractivity contribution in [2.45, 2.75) is 6.92 Å². The summed E-state index contributed by atoms with van der Waals surface area (Å²) in [5.41, 5.74) is 8.85. The molecule has 2 heterocycles. The summed E-state index contributed by atoms with van der Waals surface area (Å²) in [5, 5.41) is 3.82. The van der Waals surface area contributed by atoms with Crippen LogP contribution in [0.15, 0.2) is 48.8 Å². The highest BCUT2D eigenvalue weighted by atomic mass is 16.1. The molecule has 1 amide bonds. The van der Waals surface area contributed by atoms with Crippen molar-refractivity contribution >= 4 is 28.2 Å². The number of aryl methyl sites for hydroxylation is 1. The molecule has 0 atom stereocenters. The predicted molar refractivity (Wildman–Crippen MR) is 83.1 cm³/mol. The minimum absolute atomic E-state index is 0.295. The van der Waals surface area contributed by atoms with Crippen LogP contribution in [0.2, 0.25) is 0 Å². The molecule has 0 saturated heterocycles. The minimum Gasteiger partial charge on any atom is -0.398 e. The monoisotopic (exact) mass is 278 g/mol. The Morgan fingerprint density at radius 3 is 2.86 bits per heavy atom. The number of nitrogens with two attached hydrogens (primary N) is 1. The second-order valence-electron chi connectivity index (χ2n) is 4.75. The second kappa shape index (κ2) is 5.20. The Labute approximate surface area is 121 Å². The quantitative estimate of drug-likeness (QED) is 0.755. The summed E-state index contributed by atoms with van der Waals surface area (Å²) < 4.78 is 0. The van der Waals surface area contributed by atoms with Gasteiger partial charge in [-0.1, -0.05) is 18.2 Å². The van der Waals surface area contributed by atoms with E-state index in [0.717, 1.165) is 16.6 Å². The summed E-state index contributed by atoms with van der Waals surface area (Å²) in [7, 11) is 0. The Kier molecular flexibility index (Phi) is 3.23. The maximum Gasteiger partial charge on any atom is 0.259 e. The Hall–Kier alpha value is -2.95. The normalized spacial score (nSPS) is 10.5. The summed E-state index contributed by atoms with van der Waals surface area (Å²) in [6.07, 6.45) is 3.00. The van der Waals surface area contributed by atoms with E-state index in [0.29, 0.717) is 16.9 Å². The highest BCUT2D eigenvalue weighted by Crippen LogP contribution is 2.23.